The average molecular weight is 396 g/mol. The Kier molecular flexibility index (Phi) is 5.84. The third-order valence-corrected chi connectivity index (χ3v) is 5.96. The third-order valence-electron chi connectivity index (χ3n) is 4.19. The molecule has 1 saturated heterocycles. The minimum atomic E-state index is -0.426. The highest BCUT2D eigenvalue weighted by Crippen LogP contribution is 2.37. The Labute approximate surface area is 161 Å². The molecule has 2 aliphatic heterocycles. The number of Topliss-reactive ketones (excluding diaryl/α,β-unsaturated/α-hetero) is 1. The minimum Gasteiger partial charge on any atom is -0.496 e. The first kappa shape index (κ1) is 18.5. The Morgan fingerprint density at radius 2 is 2.16 bits per heavy atom. The van der Waals surface area contributed by atoms with Gasteiger partial charge in [0.2, 0.25) is 0 Å². The number of ketones is 1. The number of ether oxygens (including phenoxy) is 2. The molecule has 3 rings (SSSR count). The number of benzene rings is 1. The molecular weight excluding hydrogens is 378 g/mol. The molecule has 2 atom stereocenters. The summed E-state index contributed by atoms with van der Waals surface area (Å²) in [4.78, 5) is 14.4. The Morgan fingerprint density at radius 1 is 1.36 bits per heavy atom. The van der Waals surface area contributed by atoms with Crippen LogP contribution in [0.25, 0.3) is 0 Å². The number of hydrogen-bond donors (Lipinski definition) is 0. The molecular formula is C18H18ClNO3S2. The Hall–Kier alpha value is -1.34. The molecule has 2 unspecified atom stereocenters. The van der Waals surface area contributed by atoms with Gasteiger partial charge in [0.1, 0.15) is 5.76 Å². The van der Waals surface area contributed by atoms with E-state index in [1.807, 2.05) is 41.3 Å². The summed E-state index contributed by atoms with van der Waals surface area (Å²) in [5, 5.41) is 0.666. The van der Waals surface area contributed by atoms with Gasteiger partial charge in [-0.05, 0) is 29.8 Å². The summed E-state index contributed by atoms with van der Waals surface area (Å²) >= 11 is 13.0. The number of halogens is 1. The lowest BCUT2D eigenvalue weighted by atomic mass is 9.98. The number of thiocarbonyl (C=S) groups is 1. The summed E-state index contributed by atoms with van der Waals surface area (Å²) in [6.07, 6.45) is 3.32. The van der Waals surface area contributed by atoms with Gasteiger partial charge in [0.25, 0.3) is 0 Å². The number of carbonyl (C=O) groups is 1. The van der Waals surface area contributed by atoms with Crippen LogP contribution in [-0.4, -0.2) is 41.1 Å². The second-order valence-electron chi connectivity index (χ2n) is 5.72. The maximum Gasteiger partial charge on any atom is 0.188 e. The van der Waals surface area contributed by atoms with Gasteiger partial charge >= 0.3 is 0 Å². The highest BCUT2D eigenvalue weighted by Gasteiger charge is 2.40. The predicted octanol–water partition coefficient (Wildman–Crippen LogP) is 3.80. The molecule has 0 aliphatic carbocycles. The van der Waals surface area contributed by atoms with Gasteiger partial charge in [0.05, 0.1) is 23.0 Å². The van der Waals surface area contributed by atoms with E-state index in [0.29, 0.717) is 27.3 Å². The van der Waals surface area contributed by atoms with E-state index in [1.165, 1.54) is 11.8 Å². The molecule has 0 spiro atoms. The number of thioether (sulfide) groups is 1. The topological polar surface area (TPSA) is 38.8 Å². The maximum absolute atomic E-state index is 12.4. The maximum atomic E-state index is 12.4. The smallest absolute Gasteiger partial charge is 0.188 e. The van der Waals surface area contributed by atoms with Gasteiger partial charge in [-0.3, -0.25) is 4.79 Å². The number of carbonyl (C=O) groups excluding carboxylic acids is 1. The van der Waals surface area contributed by atoms with Crippen molar-refractivity contribution in [1.29, 1.82) is 0 Å². The van der Waals surface area contributed by atoms with Crippen LogP contribution < -0.4 is 0 Å². The molecule has 2 aliphatic rings. The molecule has 4 nitrogen and oxygen atoms in total. The van der Waals surface area contributed by atoms with Crippen LogP contribution >= 0.6 is 35.6 Å². The first-order valence-electron chi connectivity index (χ1n) is 7.74. The van der Waals surface area contributed by atoms with Crippen LogP contribution in [0.4, 0.5) is 0 Å². The molecule has 0 saturated carbocycles. The number of allylic oxidation sites excluding steroid dienone is 3. The van der Waals surface area contributed by atoms with E-state index in [4.69, 9.17) is 33.3 Å². The fourth-order valence-electron chi connectivity index (χ4n) is 3.04. The summed E-state index contributed by atoms with van der Waals surface area (Å²) < 4.78 is 11.8. The van der Waals surface area contributed by atoms with Crippen LogP contribution in [0.2, 0.25) is 5.02 Å². The Balaban J connectivity index is 1.99. The summed E-state index contributed by atoms with van der Waals surface area (Å²) in [6.45, 7) is 0.530. The molecule has 25 heavy (non-hydrogen) atoms. The monoisotopic (exact) mass is 395 g/mol. The van der Waals surface area contributed by atoms with Crippen LogP contribution in [0.1, 0.15) is 5.56 Å². The predicted molar refractivity (Wildman–Crippen MR) is 105 cm³/mol. The van der Waals surface area contributed by atoms with E-state index in [9.17, 15) is 4.79 Å². The van der Waals surface area contributed by atoms with Gasteiger partial charge in [-0.25, -0.2) is 0 Å². The van der Waals surface area contributed by atoms with Gasteiger partial charge in [0.15, 0.2) is 12.0 Å². The first-order valence-corrected chi connectivity index (χ1v) is 9.51. The fraction of sp³-hybridized carbons (Fsp3) is 0.333. The zero-order chi connectivity index (χ0) is 18.0. The van der Waals surface area contributed by atoms with Gasteiger partial charge in [-0.15, -0.1) is 11.8 Å². The SMILES string of the molecule is COC1=CC=C(C2C(=O)CSC2=S)N(Cc2cccc(Cl)c2)C1OC. The highest BCUT2D eigenvalue weighted by molar-refractivity contribution is 8.24. The average Bonchev–Trinajstić information content (AvgIpc) is 2.93. The number of nitrogens with zero attached hydrogens (tertiary/aromatic N) is 1. The summed E-state index contributed by atoms with van der Waals surface area (Å²) in [5.74, 6) is 0.829. The van der Waals surface area contributed by atoms with E-state index in [0.717, 1.165) is 11.3 Å². The molecule has 132 valence electrons. The van der Waals surface area contributed by atoms with E-state index >= 15 is 0 Å². The molecule has 0 bridgehead atoms. The molecule has 0 aromatic heterocycles. The molecule has 0 radical (unpaired) electrons. The molecule has 0 N–H and O–H groups in total. The van der Waals surface area contributed by atoms with E-state index in [2.05, 4.69) is 0 Å². The van der Waals surface area contributed by atoms with Crippen molar-refractivity contribution in [3.05, 3.63) is 58.5 Å². The molecule has 2 heterocycles. The van der Waals surface area contributed by atoms with Crippen molar-refractivity contribution in [2.75, 3.05) is 20.0 Å². The fourth-order valence-corrected chi connectivity index (χ4v) is 4.55. The normalized spacial score (nSPS) is 23.6. The molecule has 0 amide bonds. The van der Waals surface area contributed by atoms with Crippen molar-refractivity contribution in [2.24, 2.45) is 5.92 Å². The lowest BCUT2D eigenvalue weighted by Crippen LogP contribution is -2.43. The Bertz CT molecular complexity index is 746. The third kappa shape index (κ3) is 3.77. The zero-order valence-corrected chi connectivity index (χ0v) is 16.3. The van der Waals surface area contributed by atoms with Crippen LogP contribution in [0.15, 0.2) is 47.9 Å². The van der Waals surface area contributed by atoms with Crippen molar-refractivity contribution < 1.29 is 14.3 Å². The molecule has 1 fully saturated rings. The van der Waals surface area contributed by atoms with Crippen molar-refractivity contribution in [3.8, 4) is 0 Å². The van der Waals surface area contributed by atoms with Crippen LogP contribution in [0, 0.1) is 5.92 Å². The zero-order valence-electron chi connectivity index (χ0n) is 13.9. The van der Waals surface area contributed by atoms with Crippen LogP contribution in [-0.2, 0) is 20.8 Å². The van der Waals surface area contributed by atoms with Crippen molar-refractivity contribution in [1.82, 2.24) is 4.90 Å². The van der Waals surface area contributed by atoms with Gasteiger partial charge in [-0.2, -0.15) is 0 Å². The second-order valence-corrected chi connectivity index (χ2v) is 7.87. The highest BCUT2D eigenvalue weighted by atomic mass is 35.5. The van der Waals surface area contributed by atoms with Gasteiger partial charge in [-0.1, -0.05) is 36.0 Å². The van der Waals surface area contributed by atoms with E-state index in [-0.39, 0.29) is 5.78 Å². The van der Waals surface area contributed by atoms with Crippen molar-refractivity contribution >= 4 is 45.6 Å². The minimum absolute atomic E-state index is 0.126. The van der Waals surface area contributed by atoms with Crippen molar-refractivity contribution in [2.45, 2.75) is 12.8 Å². The number of hydrogen-bond acceptors (Lipinski definition) is 6. The standard InChI is InChI=1S/C18H18ClNO3S2/c1-22-15-7-6-13(16-14(21)10-25-18(16)24)20(17(15)23-2)9-11-4-3-5-12(19)8-11/h3-8,16-17H,9-10H2,1-2H3. The Morgan fingerprint density at radius 3 is 2.76 bits per heavy atom. The summed E-state index contributed by atoms with van der Waals surface area (Å²) in [7, 11) is 3.23. The second kappa shape index (κ2) is 7.91. The lowest BCUT2D eigenvalue weighted by molar-refractivity contribution is -0.118. The van der Waals surface area contributed by atoms with Gasteiger partial charge in [0, 0.05) is 24.4 Å². The lowest BCUT2D eigenvalue weighted by Gasteiger charge is -2.39. The molecule has 1 aromatic rings. The largest absolute Gasteiger partial charge is 0.496 e. The van der Waals surface area contributed by atoms with E-state index in [1.54, 1.807) is 14.2 Å². The van der Waals surface area contributed by atoms with Gasteiger partial charge < -0.3 is 14.4 Å². The quantitative estimate of drug-likeness (QED) is 0.706. The van der Waals surface area contributed by atoms with Crippen LogP contribution in [0.5, 0.6) is 0 Å². The molecule has 1 aromatic carbocycles. The summed E-state index contributed by atoms with van der Waals surface area (Å²) in [5.41, 5.74) is 1.86. The van der Waals surface area contributed by atoms with Crippen molar-refractivity contribution in [3.63, 3.8) is 0 Å². The van der Waals surface area contributed by atoms with E-state index < -0.39 is 12.1 Å². The van der Waals surface area contributed by atoms with Crippen LogP contribution in [0.3, 0.4) is 0 Å². The summed E-state index contributed by atoms with van der Waals surface area (Å²) in [6, 6.07) is 7.63. The first-order chi connectivity index (χ1) is 12.0. The molecule has 7 heteroatoms. The number of rotatable bonds is 5. The number of methoxy groups -OCH3 is 2.